The van der Waals surface area contributed by atoms with Crippen molar-refractivity contribution >= 4 is 22.0 Å². The van der Waals surface area contributed by atoms with Crippen LogP contribution < -0.4 is 4.72 Å². The van der Waals surface area contributed by atoms with Crippen molar-refractivity contribution in [1.29, 1.82) is 0 Å². The number of carboxylic acids is 1. The van der Waals surface area contributed by atoms with Gasteiger partial charge in [-0.2, -0.15) is 4.72 Å². The third-order valence-corrected chi connectivity index (χ3v) is 4.41. The van der Waals surface area contributed by atoms with E-state index in [1.165, 1.54) is 13.8 Å². The molecule has 9 nitrogen and oxygen atoms in total. The SMILES string of the molecule is COC(=O)CC[C@@H](NS(=O)(=O)c1c(C)noc1C)C(=O)O. The lowest BCUT2D eigenvalue weighted by atomic mass is 10.2. The number of nitrogens with zero attached hydrogens (tertiary/aromatic N) is 1. The summed E-state index contributed by atoms with van der Waals surface area (Å²) in [5.74, 6) is -1.97. The van der Waals surface area contributed by atoms with E-state index in [9.17, 15) is 18.0 Å². The first-order valence-corrected chi connectivity index (χ1v) is 7.42. The summed E-state index contributed by atoms with van der Waals surface area (Å²) in [7, 11) is -2.96. The van der Waals surface area contributed by atoms with Crippen LogP contribution in [0.1, 0.15) is 24.3 Å². The zero-order chi connectivity index (χ0) is 16.2. The van der Waals surface area contributed by atoms with Crippen LogP contribution in [0, 0.1) is 13.8 Å². The summed E-state index contributed by atoms with van der Waals surface area (Å²) in [4.78, 5) is 21.9. The molecule has 0 bridgehead atoms. The summed E-state index contributed by atoms with van der Waals surface area (Å²) in [6, 6.07) is -1.46. The smallest absolute Gasteiger partial charge is 0.321 e. The number of nitrogens with one attached hydrogen (secondary N) is 1. The first-order valence-electron chi connectivity index (χ1n) is 5.94. The number of aliphatic carboxylic acids is 1. The van der Waals surface area contributed by atoms with Crippen LogP contribution in [0.2, 0.25) is 0 Å². The Morgan fingerprint density at radius 1 is 1.43 bits per heavy atom. The molecule has 21 heavy (non-hydrogen) atoms. The molecule has 10 heteroatoms. The second kappa shape index (κ2) is 6.68. The molecule has 1 heterocycles. The highest BCUT2D eigenvalue weighted by Gasteiger charge is 2.30. The quantitative estimate of drug-likeness (QED) is 0.669. The third-order valence-electron chi connectivity index (χ3n) is 2.70. The highest BCUT2D eigenvalue weighted by atomic mass is 32.2. The van der Waals surface area contributed by atoms with Gasteiger partial charge in [-0.1, -0.05) is 5.16 Å². The van der Waals surface area contributed by atoms with E-state index >= 15 is 0 Å². The molecule has 1 atom stereocenters. The van der Waals surface area contributed by atoms with E-state index in [-0.39, 0.29) is 29.2 Å². The summed E-state index contributed by atoms with van der Waals surface area (Å²) < 4.78 is 35.5. The largest absolute Gasteiger partial charge is 0.480 e. The molecule has 0 unspecified atom stereocenters. The van der Waals surface area contributed by atoms with Gasteiger partial charge in [0.05, 0.1) is 7.11 Å². The van der Waals surface area contributed by atoms with Crippen molar-refractivity contribution in [3.8, 4) is 0 Å². The van der Waals surface area contributed by atoms with Crippen molar-refractivity contribution in [1.82, 2.24) is 9.88 Å². The number of carbonyl (C=O) groups is 2. The lowest BCUT2D eigenvalue weighted by Crippen LogP contribution is -2.41. The zero-order valence-electron chi connectivity index (χ0n) is 11.7. The average molecular weight is 320 g/mol. The number of ether oxygens (including phenoxy) is 1. The number of aryl methyl sites for hydroxylation is 2. The van der Waals surface area contributed by atoms with Gasteiger partial charge in [0.2, 0.25) is 10.0 Å². The van der Waals surface area contributed by atoms with Gasteiger partial charge in [0.15, 0.2) is 5.76 Å². The summed E-state index contributed by atoms with van der Waals surface area (Å²) in [6.07, 6.45) is -0.456. The summed E-state index contributed by atoms with van der Waals surface area (Å²) >= 11 is 0. The van der Waals surface area contributed by atoms with Crippen LogP contribution in [0.4, 0.5) is 0 Å². The van der Waals surface area contributed by atoms with Crippen molar-refractivity contribution in [3.63, 3.8) is 0 Å². The highest BCUT2D eigenvalue weighted by Crippen LogP contribution is 2.19. The number of methoxy groups -OCH3 is 1. The summed E-state index contributed by atoms with van der Waals surface area (Å²) in [5.41, 5.74) is 0.122. The molecule has 0 aliphatic carbocycles. The molecule has 0 saturated heterocycles. The maximum Gasteiger partial charge on any atom is 0.321 e. The predicted octanol–water partition coefficient (Wildman–Crippen LogP) is -0.0239. The summed E-state index contributed by atoms with van der Waals surface area (Å²) in [5, 5.41) is 12.5. The van der Waals surface area contributed by atoms with Gasteiger partial charge >= 0.3 is 11.9 Å². The maximum atomic E-state index is 12.2. The second-order valence-electron chi connectivity index (χ2n) is 4.28. The molecular formula is C11H16N2O7S. The van der Waals surface area contributed by atoms with E-state index in [1.807, 2.05) is 4.72 Å². The van der Waals surface area contributed by atoms with Crippen molar-refractivity contribution in [2.24, 2.45) is 0 Å². The maximum absolute atomic E-state index is 12.2. The lowest BCUT2D eigenvalue weighted by Gasteiger charge is -2.14. The molecule has 2 N–H and O–H groups in total. The van der Waals surface area contributed by atoms with Crippen LogP contribution in [-0.2, 0) is 24.3 Å². The normalized spacial score (nSPS) is 12.9. The Bertz CT molecular complexity index is 615. The number of hydrogen-bond acceptors (Lipinski definition) is 7. The van der Waals surface area contributed by atoms with E-state index < -0.39 is 28.0 Å². The number of carboxylic acid groups (broad SMARTS) is 1. The van der Waals surface area contributed by atoms with Crippen LogP contribution >= 0.6 is 0 Å². The monoisotopic (exact) mass is 320 g/mol. The van der Waals surface area contributed by atoms with Gasteiger partial charge in [-0.15, -0.1) is 0 Å². The minimum atomic E-state index is -4.12. The Kier molecular flexibility index (Phi) is 5.44. The van der Waals surface area contributed by atoms with Crippen LogP contribution in [0.25, 0.3) is 0 Å². The molecule has 118 valence electrons. The number of hydrogen-bond donors (Lipinski definition) is 2. The van der Waals surface area contributed by atoms with Crippen LogP contribution in [-0.4, -0.2) is 43.8 Å². The van der Waals surface area contributed by atoms with Crippen LogP contribution in [0.15, 0.2) is 9.42 Å². The number of carbonyl (C=O) groups excluding carboxylic acids is 1. The number of rotatable bonds is 7. The molecule has 0 saturated carbocycles. The fourth-order valence-corrected chi connectivity index (χ4v) is 3.25. The Morgan fingerprint density at radius 2 is 2.05 bits per heavy atom. The molecule has 0 aliphatic heterocycles. The van der Waals surface area contributed by atoms with Crippen LogP contribution in [0.5, 0.6) is 0 Å². The standard InChI is InChI=1S/C11H16N2O7S/c1-6-10(7(2)20-12-6)21(17,18)13-8(11(15)16)4-5-9(14)19-3/h8,13H,4-5H2,1-3H3,(H,15,16)/t8-/m1/s1. The van der Waals surface area contributed by atoms with Gasteiger partial charge in [0.25, 0.3) is 0 Å². The van der Waals surface area contributed by atoms with Crippen molar-refractivity contribution in [2.45, 2.75) is 37.6 Å². The van der Waals surface area contributed by atoms with Crippen LogP contribution in [0.3, 0.4) is 0 Å². The molecule has 1 rings (SSSR count). The van der Waals surface area contributed by atoms with Crippen molar-refractivity contribution in [3.05, 3.63) is 11.5 Å². The van der Waals surface area contributed by atoms with E-state index in [0.29, 0.717) is 0 Å². The van der Waals surface area contributed by atoms with E-state index in [1.54, 1.807) is 0 Å². The zero-order valence-corrected chi connectivity index (χ0v) is 12.6. The van der Waals surface area contributed by atoms with Gasteiger partial charge in [-0.05, 0) is 20.3 Å². The fourth-order valence-electron chi connectivity index (χ4n) is 1.70. The van der Waals surface area contributed by atoms with Crippen molar-refractivity contribution in [2.75, 3.05) is 7.11 Å². The van der Waals surface area contributed by atoms with Gasteiger partial charge in [0.1, 0.15) is 16.6 Å². The first-order chi connectivity index (χ1) is 9.69. The summed E-state index contributed by atoms with van der Waals surface area (Å²) in [6.45, 7) is 2.83. The van der Waals surface area contributed by atoms with Crippen molar-refractivity contribution < 1.29 is 32.4 Å². The molecule has 0 spiro atoms. The minimum absolute atomic E-state index is 0.0529. The molecule has 0 aromatic carbocycles. The van der Waals surface area contributed by atoms with Gasteiger partial charge in [0, 0.05) is 6.42 Å². The van der Waals surface area contributed by atoms with E-state index in [4.69, 9.17) is 9.63 Å². The average Bonchev–Trinajstić information content (AvgIpc) is 2.73. The predicted molar refractivity (Wildman–Crippen MR) is 69.0 cm³/mol. The third kappa shape index (κ3) is 4.26. The molecule has 0 amide bonds. The second-order valence-corrected chi connectivity index (χ2v) is 5.93. The number of sulfonamides is 1. The molecule has 1 aromatic heterocycles. The molecule has 0 fully saturated rings. The Balaban J connectivity index is 2.93. The Labute approximate surface area is 121 Å². The fraction of sp³-hybridized carbons (Fsp3) is 0.545. The van der Waals surface area contributed by atoms with Gasteiger partial charge in [-0.25, -0.2) is 8.42 Å². The first kappa shape index (κ1) is 17.1. The van der Waals surface area contributed by atoms with Gasteiger partial charge in [-0.3, -0.25) is 9.59 Å². The molecule has 1 aromatic rings. The Morgan fingerprint density at radius 3 is 2.48 bits per heavy atom. The van der Waals surface area contributed by atoms with E-state index in [2.05, 4.69) is 9.89 Å². The van der Waals surface area contributed by atoms with E-state index in [0.717, 1.165) is 7.11 Å². The minimum Gasteiger partial charge on any atom is -0.480 e. The highest BCUT2D eigenvalue weighted by molar-refractivity contribution is 7.89. The number of aromatic nitrogens is 1. The number of esters is 1. The topological polar surface area (TPSA) is 136 Å². The molecular weight excluding hydrogens is 304 g/mol. The lowest BCUT2D eigenvalue weighted by molar-refractivity contribution is -0.142. The Hall–Kier alpha value is -1.94. The molecule has 0 aliphatic rings. The molecule has 0 radical (unpaired) electrons. The van der Waals surface area contributed by atoms with Gasteiger partial charge < -0.3 is 14.4 Å².